The Balaban J connectivity index is 1.60. The number of nitrogens with one attached hydrogen (secondary N) is 1. The van der Waals surface area contributed by atoms with Crippen molar-refractivity contribution in [2.45, 2.75) is 38.5 Å². The number of ether oxygens (including phenoxy) is 2. The zero-order valence-electron chi connectivity index (χ0n) is 13.3. The molecule has 2 aromatic rings. The Morgan fingerprint density at radius 1 is 1.29 bits per heavy atom. The van der Waals surface area contributed by atoms with Gasteiger partial charge < -0.3 is 14.8 Å². The van der Waals surface area contributed by atoms with E-state index in [0.29, 0.717) is 17.7 Å². The van der Waals surface area contributed by atoms with E-state index in [1.807, 2.05) is 0 Å². The van der Waals surface area contributed by atoms with Crippen LogP contribution in [0.25, 0.3) is 0 Å². The number of benzene rings is 1. The van der Waals surface area contributed by atoms with Gasteiger partial charge in [-0.25, -0.2) is 13.8 Å². The molecule has 0 spiro atoms. The summed E-state index contributed by atoms with van der Waals surface area (Å²) in [6.07, 6.45) is 3.52. The van der Waals surface area contributed by atoms with Crippen LogP contribution >= 0.6 is 0 Å². The molecule has 3 rings (SSSR count). The average Bonchev–Trinajstić information content (AvgIpc) is 2.54. The van der Waals surface area contributed by atoms with Gasteiger partial charge in [0.25, 0.3) is 0 Å². The van der Waals surface area contributed by atoms with Crippen LogP contribution in [0.5, 0.6) is 11.6 Å². The molecule has 1 N–H and O–H groups in total. The molecule has 1 aliphatic rings. The van der Waals surface area contributed by atoms with Gasteiger partial charge in [-0.1, -0.05) is 0 Å². The third-order valence-electron chi connectivity index (χ3n) is 3.79. The Morgan fingerprint density at radius 2 is 2.17 bits per heavy atom. The predicted octanol–water partition coefficient (Wildman–Crippen LogP) is 2.85. The fourth-order valence-electron chi connectivity index (χ4n) is 2.61. The third-order valence-corrected chi connectivity index (χ3v) is 3.79. The van der Waals surface area contributed by atoms with E-state index >= 15 is 0 Å². The Labute approximate surface area is 139 Å². The molecule has 5 nitrogen and oxygen atoms in total. The molecular weight excluding hydrogens is 316 g/mol. The van der Waals surface area contributed by atoms with Gasteiger partial charge in [-0.2, -0.15) is 4.98 Å². The molecule has 2 atom stereocenters. The minimum Gasteiger partial charge on any atom is -0.483 e. The SMILES string of the molecule is C[C@H]1C[C@@H](Oc2ccnc(COc3ccc(F)cc3F)n2)CCN1. The highest BCUT2D eigenvalue weighted by Crippen LogP contribution is 2.19. The molecule has 0 aliphatic carbocycles. The summed E-state index contributed by atoms with van der Waals surface area (Å²) in [6, 6.07) is 5.25. The normalized spacial score (nSPS) is 20.6. The first-order valence-corrected chi connectivity index (χ1v) is 7.90. The first kappa shape index (κ1) is 16.6. The smallest absolute Gasteiger partial charge is 0.216 e. The summed E-state index contributed by atoms with van der Waals surface area (Å²) in [5.41, 5.74) is 0. The van der Waals surface area contributed by atoms with Crippen LogP contribution in [0, 0.1) is 11.6 Å². The van der Waals surface area contributed by atoms with E-state index in [1.54, 1.807) is 12.3 Å². The summed E-state index contributed by atoms with van der Waals surface area (Å²) < 4.78 is 37.6. The fourth-order valence-corrected chi connectivity index (χ4v) is 2.61. The number of aromatic nitrogens is 2. The lowest BCUT2D eigenvalue weighted by atomic mass is 10.0. The zero-order valence-corrected chi connectivity index (χ0v) is 13.3. The van der Waals surface area contributed by atoms with Crippen molar-refractivity contribution >= 4 is 0 Å². The van der Waals surface area contributed by atoms with Crippen molar-refractivity contribution in [3.8, 4) is 11.6 Å². The van der Waals surface area contributed by atoms with Gasteiger partial charge in [0.2, 0.25) is 5.88 Å². The lowest BCUT2D eigenvalue weighted by molar-refractivity contribution is 0.137. The van der Waals surface area contributed by atoms with E-state index < -0.39 is 11.6 Å². The molecule has 24 heavy (non-hydrogen) atoms. The van der Waals surface area contributed by atoms with Crippen LogP contribution in [0.2, 0.25) is 0 Å². The molecule has 0 unspecified atom stereocenters. The first-order valence-electron chi connectivity index (χ1n) is 7.90. The highest BCUT2D eigenvalue weighted by atomic mass is 19.1. The van der Waals surface area contributed by atoms with Gasteiger partial charge in [0.05, 0.1) is 0 Å². The van der Waals surface area contributed by atoms with Crippen LogP contribution in [0.1, 0.15) is 25.6 Å². The molecule has 1 aliphatic heterocycles. The Kier molecular flexibility index (Phi) is 5.20. The van der Waals surface area contributed by atoms with Crippen molar-refractivity contribution in [3.63, 3.8) is 0 Å². The number of hydrogen-bond acceptors (Lipinski definition) is 5. The van der Waals surface area contributed by atoms with E-state index in [2.05, 4.69) is 22.2 Å². The molecule has 1 aromatic carbocycles. The van der Waals surface area contributed by atoms with Crippen LogP contribution in [0.3, 0.4) is 0 Å². The summed E-state index contributed by atoms with van der Waals surface area (Å²) in [4.78, 5) is 8.36. The van der Waals surface area contributed by atoms with Crippen molar-refractivity contribution in [3.05, 3.63) is 47.9 Å². The molecular formula is C17H19F2N3O2. The molecule has 0 saturated carbocycles. The minimum absolute atomic E-state index is 0.0254. The maximum atomic E-state index is 13.5. The van der Waals surface area contributed by atoms with Crippen LogP contribution in [0.4, 0.5) is 8.78 Å². The molecule has 2 heterocycles. The van der Waals surface area contributed by atoms with E-state index in [1.165, 1.54) is 6.07 Å². The number of rotatable bonds is 5. The standard InChI is InChI=1S/C17H19F2N3O2/c1-11-8-13(4-6-20-11)24-17-5-7-21-16(22-17)10-23-15-3-2-12(18)9-14(15)19/h2-3,5,7,9,11,13,20H,4,6,8,10H2,1H3/t11-,13-/m0/s1. The van der Waals surface area contributed by atoms with Gasteiger partial charge >= 0.3 is 0 Å². The topological polar surface area (TPSA) is 56.3 Å². The van der Waals surface area contributed by atoms with Crippen LogP contribution < -0.4 is 14.8 Å². The molecule has 7 heteroatoms. The summed E-state index contributed by atoms with van der Waals surface area (Å²) in [5, 5.41) is 3.36. The first-order chi connectivity index (χ1) is 11.6. The Hall–Kier alpha value is -2.28. The van der Waals surface area contributed by atoms with E-state index in [9.17, 15) is 8.78 Å². The Bertz CT molecular complexity index is 699. The highest BCUT2D eigenvalue weighted by molar-refractivity contribution is 5.24. The molecule has 0 amide bonds. The monoisotopic (exact) mass is 335 g/mol. The van der Waals surface area contributed by atoms with Gasteiger partial charge in [0.1, 0.15) is 18.5 Å². The molecule has 1 aromatic heterocycles. The second-order valence-electron chi connectivity index (χ2n) is 5.79. The fraction of sp³-hybridized carbons (Fsp3) is 0.412. The summed E-state index contributed by atoms with van der Waals surface area (Å²) in [5.74, 6) is -0.604. The van der Waals surface area contributed by atoms with Gasteiger partial charge in [-0.05, 0) is 38.4 Å². The largest absolute Gasteiger partial charge is 0.483 e. The van der Waals surface area contributed by atoms with Crippen molar-refractivity contribution in [2.75, 3.05) is 6.54 Å². The number of hydrogen-bond donors (Lipinski definition) is 1. The van der Waals surface area contributed by atoms with Gasteiger partial charge in [0.15, 0.2) is 17.4 Å². The summed E-state index contributed by atoms with van der Waals surface area (Å²) in [6.45, 7) is 3.01. The number of halogens is 2. The molecule has 1 fully saturated rings. The third kappa shape index (κ3) is 4.38. The number of piperidine rings is 1. The van der Waals surface area contributed by atoms with Crippen molar-refractivity contribution in [2.24, 2.45) is 0 Å². The quantitative estimate of drug-likeness (QED) is 0.910. The lowest BCUT2D eigenvalue weighted by Crippen LogP contribution is -2.40. The number of nitrogens with zero attached hydrogens (tertiary/aromatic N) is 2. The highest BCUT2D eigenvalue weighted by Gasteiger charge is 2.20. The second-order valence-corrected chi connectivity index (χ2v) is 5.79. The average molecular weight is 335 g/mol. The lowest BCUT2D eigenvalue weighted by Gasteiger charge is -2.28. The minimum atomic E-state index is -0.758. The molecule has 0 bridgehead atoms. The van der Waals surface area contributed by atoms with Crippen LogP contribution in [0.15, 0.2) is 30.5 Å². The van der Waals surface area contributed by atoms with Crippen molar-refractivity contribution in [1.82, 2.24) is 15.3 Å². The Morgan fingerprint density at radius 3 is 2.96 bits per heavy atom. The van der Waals surface area contributed by atoms with Crippen molar-refractivity contribution in [1.29, 1.82) is 0 Å². The van der Waals surface area contributed by atoms with E-state index in [4.69, 9.17) is 9.47 Å². The maximum Gasteiger partial charge on any atom is 0.216 e. The molecule has 0 radical (unpaired) electrons. The molecule has 128 valence electrons. The van der Waals surface area contributed by atoms with Crippen LogP contribution in [-0.4, -0.2) is 28.7 Å². The summed E-state index contributed by atoms with van der Waals surface area (Å²) in [7, 11) is 0. The van der Waals surface area contributed by atoms with Gasteiger partial charge in [-0.3, -0.25) is 0 Å². The van der Waals surface area contributed by atoms with Gasteiger partial charge in [-0.15, -0.1) is 0 Å². The van der Waals surface area contributed by atoms with E-state index in [0.717, 1.165) is 31.5 Å². The van der Waals surface area contributed by atoms with Crippen molar-refractivity contribution < 1.29 is 18.3 Å². The molecule has 1 saturated heterocycles. The summed E-state index contributed by atoms with van der Waals surface area (Å²) >= 11 is 0. The maximum absolute atomic E-state index is 13.5. The second kappa shape index (κ2) is 7.53. The predicted molar refractivity (Wildman–Crippen MR) is 83.8 cm³/mol. The van der Waals surface area contributed by atoms with E-state index in [-0.39, 0.29) is 18.5 Å². The van der Waals surface area contributed by atoms with Gasteiger partial charge in [0, 0.05) is 24.4 Å². The zero-order chi connectivity index (χ0) is 16.9. The van der Waals surface area contributed by atoms with Crippen LogP contribution in [-0.2, 0) is 6.61 Å².